The Morgan fingerprint density at radius 1 is 1.00 bits per heavy atom. The Bertz CT molecular complexity index is 613. The van der Waals surface area contributed by atoms with Crippen molar-refractivity contribution in [3.63, 3.8) is 0 Å². The van der Waals surface area contributed by atoms with Crippen LogP contribution in [0.4, 0.5) is 0 Å². The van der Waals surface area contributed by atoms with E-state index in [4.69, 9.17) is 4.74 Å². The van der Waals surface area contributed by atoms with Crippen LogP contribution in [-0.4, -0.2) is 21.9 Å². The number of aromatic hydroxyl groups is 3. The van der Waals surface area contributed by atoms with Gasteiger partial charge in [0.05, 0.1) is 6.61 Å². The zero-order valence-electron chi connectivity index (χ0n) is 11.8. The summed E-state index contributed by atoms with van der Waals surface area (Å²) in [6.07, 6.45) is 0. The second-order valence-electron chi connectivity index (χ2n) is 4.62. The Morgan fingerprint density at radius 3 is 2.57 bits per heavy atom. The first-order valence-corrected chi connectivity index (χ1v) is 6.77. The van der Waals surface area contributed by atoms with Crippen LogP contribution in [0.3, 0.4) is 0 Å². The molecule has 2 aromatic rings. The summed E-state index contributed by atoms with van der Waals surface area (Å²) in [5.41, 5.74) is 1.58. The van der Waals surface area contributed by atoms with Crippen LogP contribution in [0, 0.1) is 0 Å². The summed E-state index contributed by atoms with van der Waals surface area (Å²) in [5, 5.41) is 31.6. The Hall–Kier alpha value is -2.40. The van der Waals surface area contributed by atoms with Crippen molar-refractivity contribution < 1.29 is 20.1 Å². The number of phenolic OH excluding ortho intramolecular Hbond substituents is 3. The molecule has 0 unspecified atom stereocenters. The van der Waals surface area contributed by atoms with E-state index in [-0.39, 0.29) is 11.5 Å². The lowest BCUT2D eigenvalue weighted by molar-refractivity contribution is 0.340. The molecule has 0 spiro atoms. The van der Waals surface area contributed by atoms with Crippen LogP contribution in [0.15, 0.2) is 36.4 Å². The van der Waals surface area contributed by atoms with Crippen molar-refractivity contribution in [2.24, 2.45) is 0 Å². The van der Waals surface area contributed by atoms with Crippen LogP contribution >= 0.6 is 0 Å². The highest BCUT2D eigenvalue weighted by molar-refractivity contribution is 5.53. The number of hydrogen-bond donors (Lipinski definition) is 4. The molecule has 0 aliphatic rings. The fourth-order valence-corrected chi connectivity index (χ4v) is 2.01. The van der Waals surface area contributed by atoms with E-state index in [9.17, 15) is 15.3 Å². The Labute approximate surface area is 123 Å². The Kier molecular flexibility index (Phi) is 4.90. The lowest BCUT2D eigenvalue weighted by Crippen LogP contribution is -2.12. The number of nitrogens with one attached hydrogen (secondary N) is 1. The van der Waals surface area contributed by atoms with Gasteiger partial charge in [0.15, 0.2) is 11.5 Å². The van der Waals surface area contributed by atoms with Gasteiger partial charge in [-0.3, -0.25) is 0 Å². The molecular weight excluding hydrogens is 270 g/mol. The third-order valence-corrected chi connectivity index (χ3v) is 3.07. The highest BCUT2D eigenvalue weighted by atomic mass is 16.5. The second kappa shape index (κ2) is 6.85. The van der Waals surface area contributed by atoms with Gasteiger partial charge in [-0.2, -0.15) is 0 Å². The lowest BCUT2D eigenvalue weighted by Gasteiger charge is -2.10. The van der Waals surface area contributed by atoms with E-state index >= 15 is 0 Å². The first-order chi connectivity index (χ1) is 10.1. The fourth-order valence-electron chi connectivity index (χ4n) is 2.01. The van der Waals surface area contributed by atoms with E-state index in [2.05, 4.69) is 5.32 Å². The standard InChI is InChI=1S/C16H19NO4/c1-2-21-13-5-3-4-11(8-13)9-17-10-12-6-7-14(18)16(20)15(12)19/h3-8,17-20H,2,9-10H2,1H3. The third-order valence-electron chi connectivity index (χ3n) is 3.07. The van der Waals surface area contributed by atoms with E-state index in [1.807, 2.05) is 31.2 Å². The zero-order valence-corrected chi connectivity index (χ0v) is 11.8. The molecule has 0 aliphatic carbocycles. The van der Waals surface area contributed by atoms with Crippen LogP contribution < -0.4 is 10.1 Å². The molecule has 0 fully saturated rings. The molecule has 0 saturated carbocycles. The predicted molar refractivity (Wildman–Crippen MR) is 79.6 cm³/mol. The van der Waals surface area contributed by atoms with Crippen LogP contribution in [0.5, 0.6) is 23.0 Å². The number of hydrogen-bond acceptors (Lipinski definition) is 5. The Balaban J connectivity index is 1.95. The quantitative estimate of drug-likeness (QED) is 0.614. The summed E-state index contributed by atoms with van der Waals surface area (Å²) >= 11 is 0. The van der Waals surface area contributed by atoms with E-state index in [0.717, 1.165) is 11.3 Å². The third kappa shape index (κ3) is 3.79. The molecule has 5 heteroatoms. The van der Waals surface area contributed by atoms with Crippen molar-refractivity contribution in [1.82, 2.24) is 5.32 Å². The van der Waals surface area contributed by atoms with Crippen molar-refractivity contribution in [3.8, 4) is 23.0 Å². The smallest absolute Gasteiger partial charge is 0.200 e. The summed E-state index contributed by atoms with van der Waals surface area (Å²) in [7, 11) is 0. The Morgan fingerprint density at radius 2 is 1.81 bits per heavy atom. The molecule has 0 aliphatic heterocycles. The van der Waals surface area contributed by atoms with Crippen LogP contribution in [0.25, 0.3) is 0 Å². The van der Waals surface area contributed by atoms with Gasteiger partial charge in [0.1, 0.15) is 5.75 Å². The summed E-state index contributed by atoms with van der Waals surface area (Å²) < 4.78 is 5.43. The molecule has 0 radical (unpaired) electrons. The van der Waals surface area contributed by atoms with E-state index < -0.39 is 5.75 Å². The van der Waals surface area contributed by atoms with Gasteiger partial charge in [0, 0.05) is 18.7 Å². The average Bonchev–Trinajstić information content (AvgIpc) is 2.48. The molecule has 5 nitrogen and oxygen atoms in total. The first kappa shape index (κ1) is 15.0. The van der Waals surface area contributed by atoms with Crippen molar-refractivity contribution >= 4 is 0 Å². The predicted octanol–water partition coefficient (Wildman–Crippen LogP) is 2.49. The molecule has 0 heterocycles. The van der Waals surface area contributed by atoms with Crippen LogP contribution in [-0.2, 0) is 13.1 Å². The fraction of sp³-hybridized carbons (Fsp3) is 0.250. The van der Waals surface area contributed by atoms with Crippen molar-refractivity contribution in [2.45, 2.75) is 20.0 Å². The summed E-state index contributed by atoms with van der Waals surface area (Å²) in [4.78, 5) is 0. The highest BCUT2D eigenvalue weighted by Gasteiger charge is 2.10. The molecule has 0 atom stereocenters. The molecular formula is C16H19NO4. The molecule has 0 amide bonds. The summed E-state index contributed by atoms with van der Waals surface area (Å²) in [5.74, 6) is -0.305. The number of benzene rings is 2. The van der Waals surface area contributed by atoms with Crippen molar-refractivity contribution in [1.29, 1.82) is 0 Å². The number of rotatable bonds is 6. The number of ether oxygens (including phenoxy) is 1. The van der Waals surface area contributed by atoms with Gasteiger partial charge in [-0.05, 0) is 30.7 Å². The molecule has 4 N–H and O–H groups in total. The van der Waals surface area contributed by atoms with Gasteiger partial charge in [-0.25, -0.2) is 0 Å². The van der Waals surface area contributed by atoms with Gasteiger partial charge in [0.2, 0.25) is 5.75 Å². The molecule has 0 bridgehead atoms. The molecule has 0 saturated heterocycles. The van der Waals surface area contributed by atoms with E-state index in [1.165, 1.54) is 6.07 Å². The first-order valence-electron chi connectivity index (χ1n) is 6.77. The minimum absolute atomic E-state index is 0.300. The minimum Gasteiger partial charge on any atom is -0.504 e. The molecule has 2 aromatic carbocycles. The monoisotopic (exact) mass is 289 g/mol. The van der Waals surface area contributed by atoms with Crippen molar-refractivity contribution in [3.05, 3.63) is 47.5 Å². The van der Waals surface area contributed by atoms with Crippen LogP contribution in [0.2, 0.25) is 0 Å². The van der Waals surface area contributed by atoms with Gasteiger partial charge in [-0.15, -0.1) is 0 Å². The normalized spacial score (nSPS) is 10.5. The number of phenols is 3. The van der Waals surface area contributed by atoms with Gasteiger partial charge in [0.25, 0.3) is 0 Å². The topological polar surface area (TPSA) is 82.0 Å². The molecule has 112 valence electrons. The summed E-state index contributed by atoms with van der Waals surface area (Å²) in [6.45, 7) is 3.53. The lowest BCUT2D eigenvalue weighted by atomic mass is 10.1. The zero-order chi connectivity index (χ0) is 15.2. The summed E-state index contributed by atoms with van der Waals surface area (Å²) in [6, 6.07) is 10.7. The minimum atomic E-state index is -0.493. The average molecular weight is 289 g/mol. The van der Waals surface area contributed by atoms with Gasteiger partial charge >= 0.3 is 0 Å². The molecule has 2 rings (SSSR count). The SMILES string of the molecule is CCOc1cccc(CNCc2ccc(O)c(O)c2O)c1. The molecule has 21 heavy (non-hydrogen) atoms. The maximum absolute atomic E-state index is 9.72. The van der Waals surface area contributed by atoms with Gasteiger partial charge < -0.3 is 25.4 Å². The maximum atomic E-state index is 9.72. The van der Waals surface area contributed by atoms with Crippen molar-refractivity contribution in [2.75, 3.05) is 6.61 Å². The second-order valence-corrected chi connectivity index (χ2v) is 4.62. The maximum Gasteiger partial charge on any atom is 0.200 e. The highest BCUT2D eigenvalue weighted by Crippen LogP contribution is 2.36. The van der Waals surface area contributed by atoms with Crippen LogP contribution in [0.1, 0.15) is 18.1 Å². The van der Waals surface area contributed by atoms with E-state index in [0.29, 0.717) is 25.3 Å². The van der Waals surface area contributed by atoms with E-state index in [1.54, 1.807) is 6.07 Å². The molecule has 0 aromatic heterocycles. The largest absolute Gasteiger partial charge is 0.504 e. The van der Waals surface area contributed by atoms with Gasteiger partial charge in [-0.1, -0.05) is 18.2 Å².